The van der Waals surface area contributed by atoms with Gasteiger partial charge in [-0.2, -0.15) is 0 Å². The second-order valence-corrected chi connectivity index (χ2v) is 15.8. The van der Waals surface area contributed by atoms with Crippen LogP contribution in [0.3, 0.4) is 0 Å². The molecule has 278 valence electrons. The van der Waals surface area contributed by atoms with Crippen LogP contribution in [0.1, 0.15) is 0 Å². The smallest absolute Gasteiger partial charge is 0.0973 e. The summed E-state index contributed by atoms with van der Waals surface area (Å²) in [6.45, 7) is 0. The lowest BCUT2D eigenvalue weighted by atomic mass is 10.0. The number of para-hydroxylation sites is 3. The quantitative estimate of drug-likeness (QED) is 0.179. The summed E-state index contributed by atoms with van der Waals surface area (Å²) in [5.41, 5.74) is 12.6. The lowest BCUT2D eigenvalue weighted by molar-refractivity contribution is 1.17. The van der Waals surface area contributed by atoms with E-state index in [4.69, 9.17) is 9.97 Å². The Labute approximate surface area is 344 Å². The van der Waals surface area contributed by atoms with E-state index in [9.17, 15) is 0 Å². The van der Waals surface area contributed by atoms with Crippen molar-refractivity contribution in [3.63, 3.8) is 0 Å². The average molecular weight is 763 g/mol. The highest BCUT2D eigenvalue weighted by molar-refractivity contribution is 6.19. The molecule has 0 saturated carbocycles. The molecule has 3 aromatic heterocycles. The second-order valence-electron chi connectivity index (χ2n) is 15.8. The maximum atomic E-state index is 5.25. The Bertz CT molecular complexity index is 3890. The predicted octanol–water partition coefficient (Wildman–Crippen LogP) is 14.6. The molecule has 0 bridgehead atoms. The van der Waals surface area contributed by atoms with Gasteiger partial charge in [0.15, 0.2) is 0 Å². The van der Waals surface area contributed by atoms with Gasteiger partial charge in [0.25, 0.3) is 0 Å². The molecule has 4 heteroatoms. The van der Waals surface area contributed by atoms with E-state index in [0.717, 1.165) is 50.4 Å². The molecule has 10 aromatic carbocycles. The van der Waals surface area contributed by atoms with E-state index in [1.54, 1.807) is 0 Å². The van der Waals surface area contributed by atoms with E-state index in [1.807, 2.05) is 24.3 Å². The zero-order valence-electron chi connectivity index (χ0n) is 32.4. The third-order valence-corrected chi connectivity index (χ3v) is 12.4. The molecule has 3 heterocycles. The molecule has 0 spiro atoms. The van der Waals surface area contributed by atoms with E-state index in [2.05, 4.69) is 191 Å². The molecule has 0 aliphatic rings. The Kier molecular flexibility index (Phi) is 6.98. The second kappa shape index (κ2) is 12.7. The Morgan fingerprint density at radius 3 is 1.62 bits per heavy atom. The minimum Gasteiger partial charge on any atom is -0.309 e. The van der Waals surface area contributed by atoms with Crippen LogP contribution in [-0.4, -0.2) is 19.1 Å². The maximum Gasteiger partial charge on any atom is 0.0973 e. The number of rotatable bonds is 4. The third kappa shape index (κ3) is 4.91. The summed E-state index contributed by atoms with van der Waals surface area (Å²) in [5, 5.41) is 12.3. The van der Waals surface area contributed by atoms with E-state index >= 15 is 0 Å². The fraction of sp³-hybridized carbons (Fsp3) is 0. The number of fused-ring (bicyclic) bond motifs is 11. The minimum absolute atomic E-state index is 0.868. The first kappa shape index (κ1) is 32.9. The normalized spacial score (nSPS) is 12.0. The minimum atomic E-state index is 0.868. The first-order chi connectivity index (χ1) is 29.7. The number of aromatic nitrogens is 4. The highest BCUT2D eigenvalue weighted by Gasteiger charge is 2.20. The van der Waals surface area contributed by atoms with Crippen LogP contribution in [0.5, 0.6) is 0 Å². The SMILES string of the molecule is c1ccc2cc(-c3nc4ccccc4nc3-c3ccc(-n4c5ccc(-n6c7ccccc7c7ccc8ccccc8c76)cc5c5cc6ccccc6cc54)cc3)ccc2c1. The lowest BCUT2D eigenvalue weighted by Crippen LogP contribution is -1.98. The van der Waals surface area contributed by atoms with Gasteiger partial charge in [0.1, 0.15) is 0 Å². The van der Waals surface area contributed by atoms with Crippen LogP contribution in [0.15, 0.2) is 206 Å². The van der Waals surface area contributed by atoms with Crippen LogP contribution in [0.25, 0.3) is 121 Å². The van der Waals surface area contributed by atoms with Crippen LogP contribution in [0, 0.1) is 0 Å². The number of hydrogen-bond donors (Lipinski definition) is 0. The van der Waals surface area contributed by atoms with Crippen molar-refractivity contribution in [1.29, 1.82) is 0 Å². The largest absolute Gasteiger partial charge is 0.309 e. The number of hydrogen-bond acceptors (Lipinski definition) is 2. The highest BCUT2D eigenvalue weighted by Crippen LogP contribution is 2.41. The van der Waals surface area contributed by atoms with Crippen molar-refractivity contribution in [3.8, 4) is 33.9 Å². The summed E-state index contributed by atoms with van der Waals surface area (Å²) in [4.78, 5) is 10.5. The summed E-state index contributed by atoms with van der Waals surface area (Å²) >= 11 is 0. The lowest BCUT2D eigenvalue weighted by Gasteiger charge is -2.13. The van der Waals surface area contributed by atoms with E-state index in [1.165, 1.54) is 70.4 Å². The molecule has 0 amide bonds. The summed E-state index contributed by atoms with van der Waals surface area (Å²) in [7, 11) is 0. The molecule has 0 aliphatic heterocycles. The first-order valence-electron chi connectivity index (χ1n) is 20.5. The van der Waals surface area contributed by atoms with Gasteiger partial charge < -0.3 is 9.13 Å². The van der Waals surface area contributed by atoms with E-state index in [-0.39, 0.29) is 0 Å². The summed E-state index contributed by atoms with van der Waals surface area (Å²) in [6, 6.07) is 74.5. The van der Waals surface area contributed by atoms with Gasteiger partial charge in [0.2, 0.25) is 0 Å². The zero-order chi connectivity index (χ0) is 39.3. The Balaban J connectivity index is 1.02. The third-order valence-electron chi connectivity index (χ3n) is 12.4. The fourth-order valence-electron chi connectivity index (χ4n) is 9.62. The average Bonchev–Trinajstić information content (AvgIpc) is 3.82. The number of benzene rings is 10. The van der Waals surface area contributed by atoms with Crippen LogP contribution >= 0.6 is 0 Å². The van der Waals surface area contributed by atoms with Crippen molar-refractivity contribution in [2.45, 2.75) is 0 Å². The standard InChI is InChI=1S/C56H34N4/c1-2-13-38-31-41(22-21-35(38)11-1)55-54(57-49-18-8-9-19-50(49)58-55)37-23-26-42(27-24-37)59-52-30-28-43(34-48(52)47-32-39-14-3-4-15-40(39)33-53(47)59)60-51-20-10-7-17-45(51)46-29-25-36-12-5-6-16-44(36)56(46)60/h1-34H. The molecule has 0 unspecified atom stereocenters. The first-order valence-corrected chi connectivity index (χ1v) is 20.5. The van der Waals surface area contributed by atoms with Gasteiger partial charge in [0, 0.05) is 49.4 Å². The molecule has 0 N–H and O–H groups in total. The fourth-order valence-corrected chi connectivity index (χ4v) is 9.62. The van der Waals surface area contributed by atoms with Gasteiger partial charge in [-0.05, 0) is 93.7 Å². The highest BCUT2D eigenvalue weighted by atomic mass is 15.0. The van der Waals surface area contributed by atoms with Crippen LogP contribution < -0.4 is 0 Å². The van der Waals surface area contributed by atoms with Gasteiger partial charge >= 0.3 is 0 Å². The van der Waals surface area contributed by atoms with Gasteiger partial charge in [-0.25, -0.2) is 9.97 Å². The predicted molar refractivity (Wildman–Crippen MR) is 252 cm³/mol. The number of nitrogens with zero attached hydrogens (tertiary/aromatic N) is 4. The van der Waals surface area contributed by atoms with Crippen LogP contribution in [0.2, 0.25) is 0 Å². The molecule has 0 atom stereocenters. The Hall–Kier alpha value is -8.08. The van der Waals surface area contributed by atoms with Gasteiger partial charge in [-0.3, -0.25) is 0 Å². The molecule has 13 aromatic rings. The van der Waals surface area contributed by atoms with Crippen molar-refractivity contribution < 1.29 is 0 Å². The van der Waals surface area contributed by atoms with Gasteiger partial charge in [-0.15, -0.1) is 0 Å². The molecule has 0 aliphatic carbocycles. The van der Waals surface area contributed by atoms with Gasteiger partial charge in [-0.1, -0.05) is 140 Å². The molecule has 0 saturated heterocycles. The Morgan fingerprint density at radius 2 is 0.833 bits per heavy atom. The molecule has 0 radical (unpaired) electrons. The van der Waals surface area contributed by atoms with Crippen molar-refractivity contribution in [2.75, 3.05) is 0 Å². The van der Waals surface area contributed by atoms with E-state index in [0.29, 0.717) is 0 Å². The topological polar surface area (TPSA) is 35.6 Å². The van der Waals surface area contributed by atoms with Crippen LogP contribution in [0.4, 0.5) is 0 Å². The van der Waals surface area contributed by atoms with Crippen molar-refractivity contribution in [1.82, 2.24) is 19.1 Å². The van der Waals surface area contributed by atoms with Crippen LogP contribution in [-0.2, 0) is 0 Å². The van der Waals surface area contributed by atoms with E-state index < -0.39 is 0 Å². The molecule has 13 rings (SSSR count). The summed E-state index contributed by atoms with van der Waals surface area (Å²) < 4.78 is 4.88. The zero-order valence-corrected chi connectivity index (χ0v) is 32.4. The summed E-state index contributed by atoms with van der Waals surface area (Å²) in [5.74, 6) is 0. The van der Waals surface area contributed by atoms with Crippen molar-refractivity contribution in [3.05, 3.63) is 206 Å². The van der Waals surface area contributed by atoms with Crippen molar-refractivity contribution >= 4 is 87.0 Å². The molecular weight excluding hydrogens is 729 g/mol. The molecular formula is C56H34N4. The molecule has 0 fully saturated rings. The monoisotopic (exact) mass is 762 g/mol. The van der Waals surface area contributed by atoms with Gasteiger partial charge in [0.05, 0.1) is 44.5 Å². The Morgan fingerprint density at radius 1 is 0.283 bits per heavy atom. The summed E-state index contributed by atoms with van der Waals surface area (Å²) in [6.07, 6.45) is 0. The molecule has 4 nitrogen and oxygen atoms in total. The maximum absolute atomic E-state index is 5.25. The molecule has 60 heavy (non-hydrogen) atoms. The van der Waals surface area contributed by atoms with Crippen molar-refractivity contribution in [2.24, 2.45) is 0 Å².